The SMILES string of the molecule is CC(CCC(=O)[O-])[C@H]1CCC2C3C(C[C@H](O)[C@@]21C)[C@@]1(C)CC[C@H](NC(=O)CNC(=O)CN(CCN(CC(=O)[O-])CC(=O)[O-])CCN(CC(=O)[O-])CC(=O)[O-])C[C@H]1C[C@H]3O. The van der Waals surface area contributed by atoms with Gasteiger partial charge in [0.15, 0.2) is 0 Å². The molecule has 0 heterocycles. The maximum Gasteiger partial charge on any atom is 0.239 e. The van der Waals surface area contributed by atoms with Crippen LogP contribution in [0, 0.1) is 46.3 Å². The number of nitrogens with one attached hydrogen (secondary N) is 2. The van der Waals surface area contributed by atoms with Crippen molar-refractivity contribution in [1.29, 1.82) is 0 Å². The Kier molecular flexibility index (Phi) is 16.7. The van der Waals surface area contributed by atoms with Crippen molar-refractivity contribution < 1.29 is 69.3 Å². The van der Waals surface area contributed by atoms with Crippen LogP contribution in [0.4, 0.5) is 0 Å². The van der Waals surface area contributed by atoms with Crippen molar-refractivity contribution in [2.75, 3.05) is 65.4 Å². The van der Waals surface area contributed by atoms with Crippen LogP contribution in [-0.2, 0) is 33.6 Å². The van der Waals surface area contributed by atoms with Crippen LogP contribution >= 0.6 is 0 Å². The number of carbonyl (C=O) groups is 7. The first-order valence-corrected chi connectivity index (χ1v) is 20.7. The number of aliphatic hydroxyl groups is 2. The van der Waals surface area contributed by atoms with Gasteiger partial charge in [0.1, 0.15) is 0 Å². The fourth-order valence-corrected chi connectivity index (χ4v) is 11.5. The van der Waals surface area contributed by atoms with Gasteiger partial charge in [-0.3, -0.25) is 24.3 Å². The molecule has 2 amide bonds. The lowest BCUT2D eigenvalue weighted by Crippen LogP contribution is -2.63. The zero-order valence-electron chi connectivity index (χ0n) is 34.3. The lowest BCUT2D eigenvalue weighted by atomic mass is 9.43. The number of carboxylic acid groups (broad SMARTS) is 5. The summed E-state index contributed by atoms with van der Waals surface area (Å²) in [6, 6.07) is -0.228. The summed E-state index contributed by atoms with van der Waals surface area (Å²) in [5.74, 6) is -7.93. The highest BCUT2D eigenvalue weighted by Gasteiger charge is 2.65. The van der Waals surface area contributed by atoms with E-state index in [9.17, 15) is 69.3 Å². The lowest BCUT2D eigenvalue weighted by molar-refractivity contribution is -0.312. The zero-order valence-corrected chi connectivity index (χ0v) is 34.3. The molecule has 0 spiro atoms. The first-order valence-electron chi connectivity index (χ1n) is 20.7. The van der Waals surface area contributed by atoms with Crippen molar-refractivity contribution in [3.8, 4) is 0 Å². The number of hydrogen-bond acceptors (Lipinski definition) is 17. The van der Waals surface area contributed by atoms with Crippen molar-refractivity contribution in [2.45, 2.75) is 96.8 Å². The Morgan fingerprint density at radius 1 is 0.678 bits per heavy atom. The van der Waals surface area contributed by atoms with Crippen LogP contribution in [0.3, 0.4) is 0 Å². The van der Waals surface area contributed by atoms with Crippen LogP contribution in [0.15, 0.2) is 0 Å². The van der Waals surface area contributed by atoms with Crippen molar-refractivity contribution >= 4 is 41.7 Å². The van der Waals surface area contributed by atoms with E-state index >= 15 is 0 Å². The quantitative estimate of drug-likeness (QED) is 0.0744. The Hall–Kier alpha value is -3.91. The second-order valence-corrected chi connectivity index (χ2v) is 18.0. The van der Waals surface area contributed by atoms with E-state index < -0.39 is 98.6 Å². The molecule has 59 heavy (non-hydrogen) atoms. The van der Waals surface area contributed by atoms with Gasteiger partial charge in [-0.1, -0.05) is 20.8 Å². The van der Waals surface area contributed by atoms with Crippen molar-refractivity contribution in [1.82, 2.24) is 25.3 Å². The molecule has 4 saturated carbocycles. The van der Waals surface area contributed by atoms with Gasteiger partial charge in [0, 0.05) is 64.4 Å². The average molecular weight is 835 g/mol. The molecule has 0 aromatic rings. The molecule has 0 saturated heterocycles. The van der Waals surface area contributed by atoms with Crippen molar-refractivity contribution in [3.63, 3.8) is 0 Å². The Bertz CT molecular complexity index is 1480. The molecule has 4 unspecified atom stereocenters. The third kappa shape index (κ3) is 12.3. The van der Waals surface area contributed by atoms with Gasteiger partial charge in [-0.25, -0.2) is 0 Å². The molecule has 4 aliphatic rings. The van der Waals surface area contributed by atoms with Gasteiger partial charge >= 0.3 is 0 Å². The number of carboxylic acids is 5. The van der Waals surface area contributed by atoms with Gasteiger partial charge in [0.2, 0.25) is 11.8 Å². The summed E-state index contributed by atoms with van der Waals surface area (Å²) in [5, 5.41) is 84.9. The van der Waals surface area contributed by atoms with Crippen molar-refractivity contribution in [3.05, 3.63) is 0 Å². The molecule has 4 N–H and O–H groups in total. The highest BCUT2D eigenvalue weighted by Crippen LogP contribution is 2.68. The van der Waals surface area contributed by atoms with E-state index in [1.54, 1.807) is 0 Å². The maximum absolute atomic E-state index is 13.1. The monoisotopic (exact) mass is 834 g/mol. The molecule has 0 bridgehead atoms. The number of carbonyl (C=O) groups excluding carboxylic acids is 7. The summed E-state index contributed by atoms with van der Waals surface area (Å²) in [7, 11) is 0. The van der Waals surface area contributed by atoms with E-state index in [-0.39, 0.29) is 79.6 Å². The van der Waals surface area contributed by atoms with Crippen LogP contribution in [0.1, 0.15) is 78.6 Å². The van der Waals surface area contributed by atoms with Crippen LogP contribution in [0.25, 0.3) is 0 Å². The fourth-order valence-electron chi connectivity index (χ4n) is 11.5. The highest BCUT2D eigenvalue weighted by molar-refractivity contribution is 5.85. The predicted molar refractivity (Wildman–Crippen MR) is 196 cm³/mol. The Morgan fingerprint density at radius 2 is 1.22 bits per heavy atom. The topological polar surface area (TPSA) is 309 Å². The van der Waals surface area contributed by atoms with E-state index in [2.05, 4.69) is 31.4 Å². The van der Waals surface area contributed by atoms with Gasteiger partial charge in [-0.15, -0.1) is 0 Å². The summed E-state index contributed by atoms with van der Waals surface area (Å²) in [5.41, 5.74) is -0.616. The molecule has 4 fully saturated rings. The standard InChI is InChI=1S/C40H65N5O14/c1-23(4-7-33(50)51)26-5-6-27-38-28(16-30(47)40(26,27)3)39(2)9-8-25(14-24(39)15-29(38)46)42-31(48)17-41-32(49)18-43(10-12-44(19-34(52)53)20-35(54)55)11-13-45(21-36(56)57)22-37(58)59/h23-30,38,46-47H,4-22H2,1-3H3,(H,41,49)(H,42,48)(H,50,51)(H,52,53)(H,54,55)(H,56,57)(H,58,59)/p-5/t23?,24-,25-,26+,27?,28?,29+,30-,38?,39-,40+/m0/s1. The summed E-state index contributed by atoms with van der Waals surface area (Å²) in [6.07, 6.45) is 4.12. The van der Waals surface area contributed by atoms with E-state index in [0.29, 0.717) is 32.1 Å². The van der Waals surface area contributed by atoms with Crippen molar-refractivity contribution in [2.24, 2.45) is 46.3 Å². The number of rotatable bonds is 23. The summed E-state index contributed by atoms with van der Waals surface area (Å²) < 4.78 is 0. The minimum absolute atomic E-state index is 0.00164. The predicted octanol–water partition coefficient (Wildman–Crippen LogP) is -6.74. The molecule has 19 heteroatoms. The lowest BCUT2D eigenvalue weighted by Gasteiger charge is -2.63. The first kappa shape index (κ1) is 47.8. The Balaban J connectivity index is 1.33. The van der Waals surface area contributed by atoms with Crippen LogP contribution in [0.5, 0.6) is 0 Å². The number of aliphatic carboxylic acids is 5. The molecule has 0 aromatic carbocycles. The molecule has 0 aromatic heterocycles. The molecular formula is C40H60N5O14-5. The van der Waals surface area contributed by atoms with Crippen LogP contribution in [-0.4, -0.2) is 150 Å². The largest absolute Gasteiger partial charge is 0.550 e. The minimum Gasteiger partial charge on any atom is -0.550 e. The van der Waals surface area contributed by atoms with E-state index in [0.717, 1.165) is 29.1 Å². The van der Waals surface area contributed by atoms with E-state index in [1.807, 2.05) is 0 Å². The molecule has 19 nitrogen and oxygen atoms in total. The average Bonchev–Trinajstić information content (AvgIpc) is 3.49. The molecule has 334 valence electrons. The second-order valence-electron chi connectivity index (χ2n) is 18.0. The smallest absolute Gasteiger partial charge is 0.239 e. The number of aliphatic hydroxyl groups excluding tert-OH is 2. The number of nitrogens with zero attached hydrogens (tertiary/aromatic N) is 3. The summed E-state index contributed by atoms with van der Waals surface area (Å²) in [6.45, 7) is 2.00. The molecule has 0 radical (unpaired) electrons. The molecule has 4 aliphatic carbocycles. The fraction of sp³-hybridized carbons (Fsp3) is 0.825. The Labute approximate surface area is 344 Å². The van der Waals surface area contributed by atoms with E-state index in [4.69, 9.17) is 0 Å². The second kappa shape index (κ2) is 20.6. The maximum atomic E-state index is 13.1. The van der Waals surface area contributed by atoms with Gasteiger partial charge in [-0.05, 0) is 104 Å². The normalized spacial score (nSPS) is 31.8. The summed E-state index contributed by atoms with van der Waals surface area (Å²) in [4.78, 5) is 85.4. The minimum atomic E-state index is -1.56. The highest BCUT2D eigenvalue weighted by atomic mass is 16.4. The molecule has 0 aliphatic heterocycles. The molecule has 11 atom stereocenters. The van der Waals surface area contributed by atoms with Crippen LogP contribution < -0.4 is 36.2 Å². The molecular weight excluding hydrogens is 774 g/mol. The third-order valence-electron chi connectivity index (χ3n) is 14.4. The van der Waals surface area contributed by atoms with Gasteiger partial charge < -0.3 is 70.4 Å². The van der Waals surface area contributed by atoms with Gasteiger partial charge in [-0.2, -0.15) is 0 Å². The summed E-state index contributed by atoms with van der Waals surface area (Å²) >= 11 is 0. The number of fused-ring (bicyclic) bond motifs is 5. The van der Waals surface area contributed by atoms with Gasteiger partial charge in [0.05, 0.1) is 49.2 Å². The van der Waals surface area contributed by atoms with Gasteiger partial charge in [0.25, 0.3) is 0 Å². The third-order valence-corrected chi connectivity index (χ3v) is 14.4. The number of amides is 2. The van der Waals surface area contributed by atoms with Crippen LogP contribution in [0.2, 0.25) is 0 Å². The zero-order chi connectivity index (χ0) is 43.8. The first-order chi connectivity index (χ1) is 27.6. The van der Waals surface area contributed by atoms with E-state index in [1.165, 1.54) is 4.90 Å². The Morgan fingerprint density at radius 3 is 1.75 bits per heavy atom. The molecule has 4 rings (SSSR count). The number of hydrogen-bond donors (Lipinski definition) is 4.